The van der Waals surface area contributed by atoms with Gasteiger partial charge in [0.25, 0.3) is 0 Å². The average molecular weight is 227 g/mol. The molecule has 3 heteroatoms. The molecule has 1 aliphatic heterocycles. The van der Waals surface area contributed by atoms with Gasteiger partial charge in [0.1, 0.15) is 0 Å². The summed E-state index contributed by atoms with van der Waals surface area (Å²) in [5.41, 5.74) is 5.81. The van der Waals surface area contributed by atoms with Crippen LogP contribution in [0.15, 0.2) is 0 Å². The molecule has 1 saturated heterocycles. The molecule has 0 saturated carbocycles. The van der Waals surface area contributed by atoms with Crippen LogP contribution in [0.4, 0.5) is 0 Å². The average Bonchev–Trinajstić information content (AvgIpc) is 2.31. The Balaban J connectivity index is 2.20. The van der Waals surface area contributed by atoms with Gasteiger partial charge in [0.2, 0.25) is 0 Å². The Kier molecular flexibility index (Phi) is 7.01. The van der Waals surface area contributed by atoms with Crippen molar-refractivity contribution in [2.24, 2.45) is 11.7 Å². The maximum Gasteiger partial charge on any atom is 0.0110 e. The zero-order chi connectivity index (χ0) is 11.8. The van der Waals surface area contributed by atoms with E-state index in [1.807, 2.05) is 0 Å². The molecule has 0 aromatic carbocycles. The monoisotopic (exact) mass is 227 g/mol. The molecule has 0 amide bonds. The largest absolute Gasteiger partial charge is 0.330 e. The van der Waals surface area contributed by atoms with Gasteiger partial charge in [-0.3, -0.25) is 0 Å². The van der Waals surface area contributed by atoms with Gasteiger partial charge in [0.15, 0.2) is 0 Å². The minimum atomic E-state index is 0.711. The third-order valence-corrected chi connectivity index (χ3v) is 3.55. The van der Waals surface area contributed by atoms with E-state index in [0.29, 0.717) is 5.92 Å². The van der Waals surface area contributed by atoms with Crippen molar-refractivity contribution in [1.29, 1.82) is 0 Å². The van der Waals surface area contributed by atoms with Gasteiger partial charge in [0, 0.05) is 32.7 Å². The second kappa shape index (κ2) is 8.04. The summed E-state index contributed by atoms with van der Waals surface area (Å²) in [6, 6.07) is 0. The predicted molar refractivity (Wildman–Crippen MR) is 70.6 cm³/mol. The van der Waals surface area contributed by atoms with Crippen molar-refractivity contribution in [2.75, 3.05) is 45.8 Å². The highest BCUT2D eigenvalue weighted by molar-refractivity contribution is 4.74. The summed E-state index contributed by atoms with van der Waals surface area (Å²) in [7, 11) is 0. The lowest BCUT2D eigenvalue weighted by Crippen LogP contribution is -2.48. The Morgan fingerprint density at radius 2 is 1.62 bits per heavy atom. The Labute approximate surface area is 101 Å². The quantitative estimate of drug-likeness (QED) is 0.713. The zero-order valence-electron chi connectivity index (χ0n) is 11.1. The molecule has 0 bridgehead atoms. The molecule has 1 aliphatic rings. The first kappa shape index (κ1) is 13.9. The highest BCUT2D eigenvalue weighted by atomic mass is 15.3. The minimum Gasteiger partial charge on any atom is -0.330 e. The molecule has 1 fully saturated rings. The van der Waals surface area contributed by atoms with Gasteiger partial charge < -0.3 is 15.5 Å². The topological polar surface area (TPSA) is 32.5 Å². The predicted octanol–water partition coefficient (Wildman–Crippen LogP) is 1.39. The van der Waals surface area contributed by atoms with E-state index in [9.17, 15) is 0 Å². The lowest BCUT2D eigenvalue weighted by Gasteiger charge is -2.36. The van der Waals surface area contributed by atoms with Gasteiger partial charge in [-0.05, 0) is 31.8 Å². The molecule has 16 heavy (non-hydrogen) atoms. The summed E-state index contributed by atoms with van der Waals surface area (Å²) >= 11 is 0. The Morgan fingerprint density at radius 3 is 2.12 bits per heavy atom. The number of rotatable bonds is 7. The van der Waals surface area contributed by atoms with Crippen LogP contribution in [0.25, 0.3) is 0 Å². The lowest BCUT2D eigenvalue weighted by molar-refractivity contribution is 0.117. The van der Waals surface area contributed by atoms with Crippen molar-refractivity contribution in [3.8, 4) is 0 Å². The van der Waals surface area contributed by atoms with Gasteiger partial charge in [-0.2, -0.15) is 0 Å². The smallest absolute Gasteiger partial charge is 0.0110 e. The third kappa shape index (κ3) is 4.81. The van der Waals surface area contributed by atoms with E-state index in [1.54, 1.807) is 0 Å². The second-order valence-electron chi connectivity index (χ2n) is 5.03. The van der Waals surface area contributed by atoms with E-state index in [4.69, 9.17) is 5.73 Å². The van der Waals surface area contributed by atoms with Crippen LogP contribution in [0.2, 0.25) is 0 Å². The minimum absolute atomic E-state index is 0.711. The van der Waals surface area contributed by atoms with Gasteiger partial charge in [-0.25, -0.2) is 0 Å². The van der Waals surface area contributed by atoms with Crippen LogP contribution in [-0.2, 0) is 0 Å². The molecule has 1 unspecified atom stereocenters. The molecule has 0 aromatic rings. The van der Waals surface area contributed by atoms with E-state index in [0.717, 1.165) is 6.54 Å². The summed E-state index contributed by atoms with van der Waals surface area (Å²) in [4.78, 5) is 5.17. The lowest BCUT2D eigenvalue weighted by atomic mass is 10.0. The number of nitrogens with two attached hydrogens (primary N) is 1. The zero-order valence-corrected chi connectivity index (χ0v) is 11.1. The molecule has 1 heterocycles. The molecule has 0 aromatic heterocycles. The van der Waals surface area contributed by atoms with Crippen molar-refractivity contribution < 1.29 is 0 Å². The number of nitrogens with zero attached hydrogens (tertiary/aromatic N) is 2. The van der Waals surface area contributed by atoms with Crippen LogP contribution < -0.4 is 5.73 Å². The number of hydrogen-bond acceptors (Lipinski definition) is 3. The first-order valence-electron chi connectivity index (χ1n) is 6.94. The fraction of sp³-hybridized carbons (Fsp3) is 1.00. The summed E-state index contributed by atoms with van der Waals surface area (Å²) in [6.07, 6.45) is 3.82. The van der Waals surface area contributed by atoms with Crippen LogP contribution in [0.5, 0.6) is 0 Å². The summed E-state index contributed by atoms with van der Waals surface area (Å²) < 4.78 is 0. The van der Waals surface area contributed by atoms with Gasteiger partial charge >= 0.3 is 0 Å². The Bertz CT molecular complexity index is 165. The SMILES string of the molecule is CCCC(CN)CN1CCN(CCC)CC1. The van der Waals surface area contributed by atoms with Crippen molar-refractivity contribution in [1.82, 2.24) is 9.80 Å². The van der Waals surface area contributed by atoms with E-state index in [2.05, 4.69) is 23.6 Å². The fourth-order valence-electron chi connectivity index (χ4n) is 2.57. The van der Waals surface area contributed by atoms with Crippen LogP contribution in [-0.4, -0.2) is 55.6 Å². The van der Waals surface area contributed by atoms with Crippen LogP contribution in [0.3, 0.4) is 0 Å². The van der Waals surface area contributed by atoms with E-state index in [1.165, 1.54) is 58.5 Å². The molecular weight excluding hydrogens is 198 g/mol. The molecule has 3 nitrogen and oxygen atoms in total. The van der Waals surface area contributed by atoms with Crippen LogP contribution in [0.1, 0.15) is 33.1 Å². The highest BCUT2D eigenvalue weighted by Crippen LogP contribution is 2.10. The molecule has 0 radical (unpaired) electrons. The normalized spacial score (nSPS) is 21.2. The molecular formula is C13H29N3. The van der Waals surface area contributed by atoms with Crippen molar-refractivity contribution >= 4 is 0 Å². The van der Waals surface area contributed by atoms with Crippen molar-refractivity contribution in [3.05, 3.63) is 0 Å². The standard InChI is InChI=1S/C13H29N3/c1-3-5-13(11-14)12-16-9-7-15(6-4-2)8-10-16/h13H,3-12,14H2,1-2H3. The first-order chi connectivity index (χ1) is 7.80. The molecule has 96 valence electrons. The maximum absolute atomic E-state index is 5.81. The maximum atomic E-state index is 5.81. The third-order valence-electron chi connectivity index (χ3n) is 3.55. The number of piperazine rings is 1. The molecule has 1 rings (SSSR count). The number of hydrogen-bond donors (Lipinski definition) is 1. The van der Waals surface area contributed by atoms with E-state index in [-0.39, 0.29) is 0 Å². The van der Waals surface area contributed by atoms with Crippen LogP contribution in [0, 0.1) is 5.92 Å². The Morgan fingerprint density at radius 1 is 1.00 bits per heavy atom. The molecule has 0 spiro atoms. The first-order valence-corrected chi connectivity index (χ1v) is 6.94. The van der Waals surface area contributed by atoms with Crippen LogP contribution >= 0.6 is 0 Å². The molecule has 1 atom stereocenters. The van der Waals surface area contributed by atoms with Crippen molar-refractivity contribution in [2.45, 2.75) is 33.1 Å². The fourth-order valence-corrected chi connectivity index (χ4v) is 2.57. The molecule has 0 aliphatic carbocycles. The van der Waals surface area contributed by atoms with E-state index >= 15 is 0 Å². The van der Waals surface area contributed by atoms with Crippen molar-refractivity contribution in [3.63, 3.8) is 0 Å². The Hall–Kier alpha value is -0.120. The van der Waals surface area contributed by atoms with Gasteiger partial charge in [-0.1, -0.05) is 20.3 Å². The summed E-state index contributed by atoms with van der Waals surface area (Å²) in [5.74, 6) is 0.711. The van der Waals surface area contributed by atoms with E-state index < -0.39 is 0 Å². The summed E-state index contributed by atoms with van der Waals surface area (Å²) in [6.45, 7) is 12.8. The van der Waals surface area contributed by atoms with Gasteiger partial charge in [-0.15, -0.1) is 0 Å². The highest BCUT2D eigenvalue weighted by Gasteiger charge is 2.18. The summed E-state index contributed by atoms with van der Waals surface area (Å²) in [5, 5.41) is 0. The second-order valence-corrected chi connectivity index (χ2v) is 5.03. The molecule has 2 N–H and O–H groups in total. The van der Waals surface area contributed by atoms with Gasteiger partial charge in [0.05, 0.1) is 0 Å².